The van der Waals surface area contributed by atoms with Crippen LogP contribution in [0.4, 0.5) is 0 Å². The van der Waals surface area contributed by atoms with E-state index in [-0.39, 0.29) is 24.3 Å². The molecule has 0 saturated carbocycles. The Labute approximate surface area is 94.8 Å². The predicted octanol–water partition coefficient (Wildman–Crippen LogP) is -1.02. The van der Waals surface area contributed by atoms with Crippen molar-refractivity contribution in [1.29, 1.82) is 0 Å². The van der Waals surface area contributed by atoms with Crippen molar-refractivity contribution in [2.24, 2.45) is 0 Å². The van der Waals surface area contributed by atoms with Gasteiger partial charge in [0, 0.05) is 0 Å². The molecule has 0 amide bonds. The summed E-state index contributed by atoms with van der Waals surface area (Å²) in [5, 5.41) is 8.89. The van der Waals surface area contributed by atoms with E-state index in [0.717, 1.165) is 0 Å². The summed E-state index contributed by atoms with van der Waals surface area (Å²) in [5.41, 5.74) is 0.385. The Balaban J connectivity index is 2.02. The van der Waals surface area contributed by atoms with Gasteiger partial charge in [0.05, 0.1) is 25.9 Å². The molecule has 0 bridgehead atoms. The Morgan fingerprint density at radius 1 is 1.59 bits per heavy atom. The maximum Gasteiger partial charge on any atom is 0.278 e. The van der Waals surface area contributed by atoms with Crippen LogP contribution in [0.15, 0.2) is 17.4 Å². The maximum absolute atomic E-state index is 11.4. The molecule has 0 aliphatic carbocycles. The molecule has 1 aliphatic heterocycles. The lowest BCUT2D eigenvalue weighted by molar-refractivity contribution is -0.0980. The van der Waals surface area contributed by atoms with Crippen LogP contribution in [-0.2, 0) is 9.47 Å². The third-order valence-electron chi connectivity index (χ3n) is 2.56. The highest BCUT2D eigenvalue weighted by atomic mass is 16.7. The van der Waals surface area contributed by atoms with Crippen LogP contribution < -0.4 is 5.56 Å². The van der Waals surface area contributed by atoms with Crippen LogP contribution in [0.2, 0.25) is 0 Å². The van der Waals surface area contributed by atoms with Gasteiger partial charge < -0.3 is 19.6 Å². The SMILES string of the molecule is O=c1[nH]cnc2c1ncn2[C@@H]1CO[C@H](CO)O1. The second-order valence-corrected chi connectivity index (χ2v) is 3.59. The first-order chi connectivity index (χ1) is 8.29. The second-order valence-electron chi connectivity index (χ2n) is 3.59. The standard InChI is InChI=1S/C9H10N4O4/c14-1-6-16-2-5(17-6)13-4-12-7-8(13)10-3-11-9(7)15/h3-6,14H,1-2H2,(H,10,11,15)/t5-,6-/m0/s1. The summed E-state index contributed by atoms with van der Waals surface area (Å²) < 4.78 is 12.2. The molecule has 1 aliphatic rings. The first kappa shape index (κ1) is 10.4. The van der Waals surface area contributed by atoms with E-state index in [4.69, 9.17) is 14.6 Å². The third-order valence-corrected chi connectivity index (χ3v) is 2.56. The topological polar surface area (TPSA) is 102 Å². The van der Waals surface area contributed by atoms with Gasteiger partial charge in [-0.3, -0.25) is 9.36 Å². The fourth-order valence-corrected chi connectivity index (χ4v) is 1.76. The molecule has 8 nitrogen and oxygen atoms in total. The van der Waals surface area contributed by atoms with Crippen molar-refractivity contribution in [3.63, 3.8) is 0 Å². The molecule has 2 aromatic rings. The van der Waals surface area contributed by atoms with Crippen molar-refractivity contribution in [2.45, 2.75) is 12.5 Å². The van der Waals surface area contributed by atoms with Gasteiger partial charge >= 0.3 is 0 Å². The van der Waals surface area contributed by atoms with E-state index in [9.17, 15) is 4.79 Å². The number of fused-ring (bicyclic) bond motifs is 1. The van der Waals surface area contributed by atoms with Gasteiger partial charge in [0.2, 0.25) is 0 Å². The summed E-state index contributed by atoms with van der Waals surface area (Å²) in [6.07, 6.45) is 1.72. The minimum absolute atomic E-state index is 0.211. The molecule has 3 rings (SSSR count). The first-order valence-electron chi connectivity index (χ1n) is 5.07. The number of aromatic amines is 1. The van der Waals surface area contributed by atoms with E-state index < -0.39 is 12.5 Å². The number of nitrogens with one attached hydrogen (secondary N) is 1. The number of nitrogens with zero attached hydrogens (tertiary/aromatic N) is 3. The Morgan fingerprint density at radius 2 is 2.47 bits per heavy atom. The summed E-state index contributed by atoms with van der Waals surface area (Å²) in [4.78, 5) is 21.9. The van der Waals surface area contributed by atoms with E-state index in [1.165, 1.54) is 12.7 Å². The van der Waals surface area contributed by atoms with E-state index in [1.54, 1.807) is 4.57 Å². The molecule has 0 aromatic carbocycles. The Bertz CT molecular complexity index is 592. The smallest absolute Gasteiger partial charge is 0.278 e. The van der Waals surface area contributed by atoms with Gasteiger partial charge in [0.1, 0.15) is 0 Å². The van der Waals surface area contributed by atoms with Gasteiger partial charge in [0.15, 0.2) is 23.7 Å². The van der Waals surface area contributed by atoms with Gasteiger partial charge in [0.25, 0.3) is 5.56 Å². The molecule has 0 radical (unpaired) electrons. The number of H-pyrrole nitrogens is 1. The molecule has 0 spiro atoms. The van der Waals surface area contributed by atoms with Gasteiger partial charge in [-0.2, -0.15) is 0 Å². The number of ether oxygens (including phenoxy) is 2. The lowest BCUT2D eigenvalue weighted by Crippen LogP contribution is -2.15. The summed E-state index contributed by atoms with van der Waals surface area (Å²) >= 11 is 0. The van der Waals surface area contributed by atoms with Crippen molar-refractivity contribution < 1.29 is 14.6 Å². The van der Waals surface area contributed by atoms with E-state index in [0.29, 0.717) is 5.65 Å². The minimum atomic E-state index is -0.639. The number of hydrogen-bond donors (Lipinski definition) is 2. The number of aliphatic hydroxyl groups excluding tert-OH is 1. The molecule has 1 saturated heterocycles. The van der Waals surface area contributed by atoms with Gasteiger partial charge in [-0.05, 0) is 0 Å². The molecule has 90 valence electrons. The summed E-state index contributed by atoms with van der Waals surface area (Å²) in [6.45, 7) is 0.0717. The van der Waals surface area contributed by atoms with Crippen molar-refractivity contribution in [3.8, 4) is 0 Å². The van der Waals surface area contributed by atoms with Crippen LogP contribution >= 0.6 is 0 Å². The van der Waals surface area contributed by atoms with Gasteiger partial charge in [-0.25, -0.2) is 9.97 Å². The van der Waals surface area contributed by atoms with Crippen molar-refractivity contribution in [1.82, 2.24) is 19.5 Å². The monoisotopic (exact) mass is 238 g/mol. The van der Waals surface area contributed by atoms with Crippen LogP contribution in [0.1, 0.15) is 6.23 Å². The average Bonchev–Trinajstić information content (AvgIpc) is 2.94. The highest BCUT2D eigenvalue weighted by molar-refractivity contribution is 5.68. The van der Waals surface area contributed by atoms with E-state index in [2.05, 4.69) is 15.0 Å². The fraction of sp³-hybridized carbons (Fsp3) is 0.444. The summed E-state index contributed by atoms with van der Waals surface area (Å²) in [7, 11) is 0. The zero-order valence-corrected chi connectivity index (χ0v) is 8.74. The molecule has 2 N–H and O–H groups in total. The van der Waals surface area contributed by atoms with Gasteiger partial charge in [-0.15, -0.1) is 0 Å². The van der Waals surface area contributed by atoms with Gasteiger partial charge in [-0.1, -0.05) is 0 Å². The highest BCUT2D eigenvalue weighted by Gasteiger charge is 2.28. The largest absolute Gasteiger partial charge is 0.391 e. The third kappa shape index (κ3) is 1.62. The Kier molecular flexibility index (Phi) is 2.39. The maximum atomic E-state index is 11.4. The van der Waals surface area contributed by atoms with Crippen molar-refractivity contribution in [3.05, 3.63) is 23.0 Å². The van der Waals surface area contributed by atoms with Crippen LogP contribution in [0, 0.1) is 0 Å². The Hall–Kier alpha value is -1.77. The zero-order valence-electron chi connectivity index (χ0n) is 8.74. The molecular weight excluding hydrogens is 228 g/mol. The predicted molar refractivity (Wildman–Crippen MR) is 55.1 cm³/mol. The summed E-state index contributed by atoms with van der Waals surface area (Å²) in [6, 6.07) is 0. The van der Waals surface area contributed by atoms with E-state index in [1.807, 2.05) is 0 Å². The number of aliphatic hydroxyl groups is 1. The van der Waals surface area contributed by atoms with Crippen LogP contribution in [0.25, 0.3) is 11.2 Å². The minimum Gasteiger partial charge on any atom is -0.391 e. The molecule has 3 heterocycles. The number of hydrogen-bond acceptors (Lipinski definition) is 6. The van der Waals surface area contributed by atoms with E-state index >= 15 is 0 Å². The molecule has 1 fully saturated rings. The summed E-state index contributed by atoms with van der Waals surface area (Å²) in [5.74, 6) is 0. The van der Waals surface area contributed by atoms with Crippen molar-refractivity contribution >= 4 is 11.2 Å². The molecule has 17 heavy (non-hydrogen) atoms. The second kappa shape index (κ2) is 3.91. The average molecular weight is 238 g/mol. The van der Waals surface area contributed by atoms with Crippen LogP contribution in [-0.4, -0.2) is 44.1 Å². The Morgan fingerprint density at radius 3 is 3.24 bits per heavy atom. The number of imidazole rings is 1. The molecule has 8 heteroatoms. The number of rotatable bonds is 2. The fourth-order valence-electron chi connectivity index (χ4n) is 1.76. The van der Waals surface area contributed by atoms with Crippen LogP contribution in [0.5, 0.6) is 0 Å². The molecule has 2 aromatic heterocycles. The lowest BCUT2D eigenvalue weighted by atomic mass is 10.5. The highest BCUT2D eigenvalue weighted by Crippen LogP contribution is 2.22. The van der Waals surface area contributed by atoms with Crippen molar-refractivity contribution in [2.75, 3.05) is 13.2 Å². The quantitative estimate of drug-likeness (QED) is 0.694. The first-order valence-corrected chi connectivity index (χ1v) is 5.07. The zero-order chi connectivity index (χ0) is 11.8. The molecule has 0 unspecified atom stereocenters. The molecular formula is C9H10N4O4. The van der Waals surface area contributed by atoms with Crippen LogP contribution in [0.3, 0.4) is 0 Å². The number of aromatic nitrogens is 4. The lowest BCUT2D eigenvalue weighted by Gasteiger charge is -2.10. The normalized spacial score (nSPS) is 24.5. The molecule has 2 atom stereocenters.